The highest BCUT2D eigenvalue weighted by atomic mass is 16.5. The summed E-state index contributed by atoms with van der Waals surface area (Å²) in [5.74, 6) is 0.188. The minimum absolute atomic E-state index is 0.188. The van der Waals surface area contributed by atoms with Crippen molar-refractivity contribution in [2.24, 2.45) is 0 Å². The number of nitrogens with zero attached hydrogens (tertiary/aromatic N) is 1. The van der Waals surface area contributed by atoms with Crippen LogP contribution in [0.3, 0.4) is 0 Å². The predicted octanol–water partition coefficient (Wildman–Crippen LogP) is 1.79. The summed E-state index contributed by atoms with van der Waals surface area (Å²) in [6, 6.07) is 0.548. The van der Waals surface area contributed by atoms with Gasteiger partial charge >= 0.3 is 0 Å². The van der Waals surface area contributed by atoms with Crippen LogP contribution in [0, 0.1) is 0 Å². The second kappa shape index (κ2) is 9.34. The lowest BCUT2D eigenvalue weighted by molar-refractivity contribution is -0.121. The number of methoxy groups -OCH3 is 1. The summed E-state index contributed by atoms with van der Waals surface area (Å²) >= 11 is 0. The van der Waals surface area contributed by atoms with Crippen LogP contribution in [-0.4, -0.2) is 50.2 Å². The van der Waals surface area contributed by atoms with Crippen LogP contribution < -0.4 is 5.32 Å². The summed E-state index contributed by atoms with van der Waals surface area (Å²) in [6.07, 6.45) is 6.33. The molecular formula is C14H28N2O2. The third kappa shape index (κ3) is 5.83. The van der Waals surface area contributed by atoms with Crippen molar-refractivity contribution >= 4 is 5.91 Å². The molecule has 1 heterocycles. The van der Waals surface area contributed by atoms with Gasteiger partial charge in [0, 0.05) is 32.7 Å². The second-order valence-electron chi connectivity index (χ2n) is 5.03. The lowest BCUT2D eigenvalue weighted by Gasteiger charge is -2.34. The van der Waals surface area contributed by atoms with Gasteiger partial charge in [-0.15, -0.1) is 0 Å². The zero-order valence-corrected chi connectivity index (χ0v) is 11.9. The van der Waals surface area contributed by atoms with Crippen molar-refractivity contribution in [3.63, 3.8) is 0 Å². The molecule has 1 N–H and O–H groups in total. The number of hydrogen-bond acceptors (Lipinski definition) is 3. The van der Waals surface area contributed by atoms with E-state index in [1.807, 2.05) is 0 Å². The summed E-state index contributed by atoms with van der Waals surface area (Å²) in [4.78, 5) is 14.2. The third-order valence-electron chi connectivity index (χ3n) is 3.69. The fourth-order valence-electron chi connectivity index (χ4n) is 2.56. The van der Waals surface area contributed by atoms with Gasteiger partial charge in [-0.2, -0.15) is 0 Å². The number of amides is 1. The molecule has 0 saturated carbocycles. The van der Waals surface area contributed by atoms with Crippen molar-refractivity contribution in [2.45, 2.75) is 51.5 Å². The van der Waals surface area contributed by atoms with Gasteiger partial charge in [-0.3, -0.25) is 9.69 Å². The Kier molecular flexibility index (Phi) is 8.01. The number of ether oxygens (including phenoxy) is 1. The number of likely N-dealkylation sites (tertiary alicyclic amines) is 1. The monoisotopic (exact) mass is 256 g/mol. The van der Waals surface area contributed by atoms with Gasteiger partial charge in [0.1, 0.15) is 0 Å². The van der Waals surface area contributed by atoms with Gasteiger partial charge < -0.3 is 10.1 Å². The van der Waals surface area contributed by atoms with E-state index in [1.54, 1.807) is 7.11 Å². The molecule has 1 saturated heterocycles. The molecule has 106 valence electrons. The van der Waals surface area contributed by atoms with Gasteiger partial charge in [0.05, 0.1) is 0 Å². The van der Waals surface area contributed by atoms with Gasteiger partial charge in [0.25, 0.3) is 0 Å². The van der Waals surface area contributed by atoms with Crippen LogP contribution in [0.4, 0.5) is 0 Å². The average molecular weight is 256 g/mol. The van der Waals surface area contributed by atoms with E-state index in [1.165, 1.54) is 25.8 Å². The minimum atomic E-state index is 0.188. The summed E-state index contributed by atoms with van der Waals surface area (Å²) in [5.41, 5.74) is 0. The molecule has 4 heteroatoms. The van der Waals surface area contributed by atoms with Crippen molar-refractivity contribution in [3.8, 4) is 0 Å². The van der Waals surface area contributed by atoms with Crippen LogP contribution >= 0.6 is 0 Å². The first kappa shape index (κ1) is 15.4. The highest BCUT2D eigenvalue weighted by Crippen LogP contribution is 2.15. The third-order valence-corrected chi connectivity index (χ3v) is 3.69. The number of rotatable bonds is 8. The number of hydrogen-bond donors (Lipinski definition) is 1. The standard InChI is InChI=1S/C14H28N2O2/c1-3-16-10-6-4-8-13(16)12-15-14(17)9-5-7-11-18-2/h13H,3-12H2,1-2H3,(H,15,17). The molecule has 0 radical (unpaired) electrons. The lowest BCUT2D eigenvalue weighted by Crippen LogP contribution is -2.46. The van der Waals surface area contributed by atoms with Crippen LogP contribution in [0.5, 0.6) is 0 Å². The van der Waals surface area contributed by atoms with Gasteiger partial charge in [-0.05, 0) is 38.8 Å². The molecule has 0 bridgehead atoms. The zero-order valence-electron chi connectivity index (χ0n) is 11.9. The average Bonchev–Trinajstić information content (AvgIpc) is 2.41. The van der Waals surface area contributed by atoms with Gasteiger partial charge in [0.2, 0.25) is 5.91 Å². The number of carbonyl (C=O) groups excluding carboxylic acids is 1. The van der Waals surface area contributed by atoms with Gasteiger partial charge in [-0.25, -0.2) is 0 Å². The van der Waals surface area contributed by atoms with E-state index >= 15 is 0 Å². The SMILES string of the molecule is CCN1CCCCC1CNC(=O)CCCCOC. The quantitative estimate of drug-likeness (QED) is 0.673. The molecule has 18 heavy (non-hydrogen) atoms. The topological polar surface area (TPSA) is 41.6 Å². The first-order chi connectivity index (χ1) is 8.77. The highest BCUT2D eigenvalue weighted by molar-refractivity contribution is 5.75. The highest BCUT2D eigenvalue weighted by Gasteiger charge is 2.20. The van der Waals surface area contributed by atoms with Crippen LogP contribution in [-0.2, 0) is 9.53 Å². The smallest absolute Gasteiger partial charge is 0.220 e. The summed E-state index contributed by atoms with van der Waals surface area (Å²) in [5, 5.41) is 3.07. The Bertz CT molecular complexity index is 234. The number of unbranched alkanes of at least 4 members (excludes halogenated alkanes) is 1. The zero-order chi connectivity index (χ0) is 13.2. The lowest BCUT2D eigenvalue weighted by atomic mass is 10.0. The largest absolute Gasteiger partial charge is 0.385 e. The summed E-state index contributed by atoms with van der Waals surface area (Å²) < 4.78 is 4.97. The summed E-state index contributed by atoms with van der Waals surface area (Å²) in [7, 11) is 1.70. The first-order valence-corrected chi connectivity index (χ1v) is 7.27. The molecule has 0 aromatic carbocycles. The Morgan fingerprint density at radius 3 is 2.94 bits per heavy atom. The molecule has 0 spiro atoms. The number of nitrogens with one attached hydrogen (secondary N) is 1. The first-order valence-electron chi connectivity index (χ1n) is 7.27. The van der Waals surface area contributed by atoms with Crippen LogP contribution in [0.1, 0.15) is 45.4 Å². The van der Waals surface area contributed by atoms with E-state index in [4.69, 9.17) is 4.74 Å². The fraction of sp³-hybridized carbons (Fsp3) is 0.929. The number of piperidine rings is 1. The van der Waals surface area contributed by atoms with E-state index in [2.05, 4.69) is 17.1 Å². The molecule has 0 aliphatic carbocycles. The molecule has 1 fully saturated rings. The van der Waals surface area contributed by atoms with Gasteiger partial charge in [0.15, 0.2) is 0 Å². The molecule has 4 nitrogen and oxygen atoms in total. The van der Waals surface area contributed by atoms with Crippen molar-refractivity contribution in [3.05, 3.63) is 0 Å². The Morgan fingerprint density at radius 1 is 1.39 bits per heavy atom. The number of carbonyl (C=O) groups is 1. The second-order valence-corrected chi connectivity index (χ2v) is 5.03. The Labute approximate surface area is 111 Å². The van der Waals surface area contributed by atoms with Crippen molar-refractivity contribution in [2.75, 3.05) is 33.4 Å². The summed E-state index contributed by atoms with van der Waals surface area (Å²) in [6.45, 7) is 6.04. The predicted molar refractivity (Wildman–Crippen MR) is 73.6 cm³/mol. The Hall–Kier alpha value is -0.610. The molecule has 1 rings (SSSR count). The molecule has 1 aliphatic rings. The maximum absolute atomic E-state index is 11.7. The van der Waals surface area contributed by atoms with E-state index in [-0.39, 0.29) is 5.91 Å². The Balaban J connectivity index is 2.12. The van der Waals surface area contributed by atoms with E-state index in [0.29, 0.717) is 12.5 Å². The van der Waals surface area contributed by atoms with E-state index < -0.39 is 0 Å². The minimum Gasteiger partial charge on any atom is -0.385 e. The molecule has 0 aromatic rings. The molecule has 1 aliphatic heterocycles. The normalized spacial score (nSPS) is 20.9. The molecular weight excluding hydrogens is 228 g/mol. The maximum Gasteiger partial charge on any atom is 0.220 e. The maximum atomic E-state index is 11.7. The molecule has 0 aromatic heterocycles. The fourth-order valence-corrected chi connectivity index (χ4v) is 2.56. The van der Waals surface area contributed by atoms with E-state index in [9.17, 15) is 4.79 Å². The van der Waals surface area contributed by atoms with Crippen LogP contribution in [0.25, 0.3) is 0 Å². The molecule has 1 atom stereocenters. The van der Waals surface area contributed by atoms with E-state index in [0.717, 1.165) is 32.5 Å². The van der Waals surface area contributed by atoms with Gasteiger partial charge in [-0.1, -0.05) is 13.3 Å². The molecule has 1 unspecified atom stereocenters. The van der Waals surface area contributed by atoms with Crippen LogP contribution in [0.15, 0.2) is 0 Å². The van der Waals surface area contributed by atoms with Crippen molar-refractivity contribution in [1.29, 1.82) is 0 Å². The van der Waals surface area contributed by atoms with Crippen LogP contribution in [0.2, 0.25) is 0 Å². The number of likely N-dealkylation sites (N-methyl/N-ethyl adjacent to an activating group) is 1. The van der Waals surface area contributed by atoms with Crippen molar-refractivity contribution in [1.82, 2.24) is 10.2 Å². The molecule has 1 amide bonds. The Morgan fingerprint density at radius 2 is 2.22 bits per heavy atom. The van der Waals surface area contributed by atoms with Crippen molar-refractivity contribution < 1.29 is 9.53 Å².